The highest BCUT2D eigenvalue weighted by Gasteiger charge is 2.27. The molecule has 0 saturated heterocycles. The van der Waals surface area contributed by atoms with Crippen LogP contribution in [0.3, 0.4) is 0 Å². The highest BCUT2D eigenvalue weighted by molar-refractivity contribution is 7.47. The number of ether oxygens (including phenoxy) is 2. The van der Waals surface area contributed by atoms with E-state index in [1.54, 1.807) is 0 Å². The zero-order valence-electron chi connectivity index (χ0n) is 29.6. The molecule has 1 N–H and O–H groups in total. The minimum atomic E-state index is -4.36. The Morgan fingerprint density at radius 3 is 1.64 bits per heavy atom. The van der Waals surface area contributed by atoms with E-state index in [1.807, 2.05) is 21.1 Å². The largest absolute Gasteiger partial charge is 0.472 e. The smallest absolute Gasteiger partial charge is 0.462 e. The molecule has 266 valence electrons. The van der Waals surface area contributed by atoms with E-state index in [2.05, 4.69) is 26.0 Å². The van der Waals surface area contributed by atoms with Crippen molar-refractivity contribution in [1.29, 1.82) is 0 Å². The van der Waals surface area contributed by atoms with Gasteiger partial charge in [-0.3, -0.25) is 18.6 Å². The number of carbonyl (C=O) groups is 2. The van der Waals surface area contributed by atoms with Crippen molar-refractivity contribution in [2.45, 2.75) is 155 Å². The quantitative estimate of drug-likeness (QED) is 0.0250. The van der Waals surface area contributed by atoms with E-state index in [9.17, 15) is 19.0 Å². The van der Waals surface area contributed by atoms with Crippen molar-refractivity contribution in [2.75, 3.05) is 47.5 Å². The topological polar surface area (TPSA) is 108 Å². The molecule has 0 aliphatic rings. The maximum Gasteiger partial charge on any atom is 0.472 e. The Hall–Kier alpha value is -1.25. The van der Waals surface area contributed by atoms with Crippen LogP contribution in [-0.4, -0.2) is 74.9 Å². The number of nitrogens with zero attached hydrogens (tertiary/aromatic N) is 1. The van der Waals surface area contributed by atoms with Gasteiger partial charge in [-0.05, 0) is 38.5 Å². The lowest BCUT2D eigenvalue weighted by Gasteiger charge is -2.24. The Labute approximate surface area is 276 Å². The van der Waals surface area contributed by atoms with Gasteiger partial charge < -0.3 is 18.9 Å². The molecule has 0 aromatic rings. The maximum absolute atomic E-state index is 12.6. The second-order valence-corrected chi connectivity index (χ2v) is 14.7. The normalized spacial score (nSPS) is 14.0. The first-order chi connectivity index (χ1) is 21.5. The molecule has 9 nitrogen and oxygen atoms in total. The van der Waals surface area contributed by atoms with E-state index in [0.717, 1.165) is 51.4 Å². The Morgan fingerprint density at radius 1 is 0.667 bits per heavy atom. The number of phosphoric ester groups is 1. The number of allylic oxidation sites excluding steroid dienone is 2. The molecular formula is C35H69NO8P+. The van der Waals surface area contributed by atoms with Crippen LogP contribution in [0.25, 0.3) is 0 Å². The first-order valence-electron chi connectivity index (χ1n) is 17.9. The van der Waals surface area contributed by atoms with Gasteiger partial charge in [0.2, 0.25) is 0 Å². The molecule has 0 radical (unpaired) electrons. The fourth-order valence-electron chi connectivity index (χ4n) is 4.65. The van der Waals surface area contributed by atoms with Gasteiger partial charge in [-0.25, -0.2) is 4.57 Å². The van der Waals surface area contributed by atoms with Gasteiger partial charge in [-0.15, -0.1) is 0 Å². The number of carbonyl (C=O) groups excluding carboxylic acids is 2. The monoisotopic (exact) mass is 662 g/mol. The van der Waals surface area contributed by atoms with E-state index < -0.39 is 26.5 Å². The molecule has 45 heavy (non-hydrogen) atoms. The van der Waals surface area contributed by atoms with Crippen molar-refractivity contribution in [3.05, 3.63) is 12.2 Å². The molecule has 1 unspecified atom stereocenters. The van der Waals surface area contributed by atoms with Gasteiger partial charge in [-0.1, -0.05) is 109 Å². The van der Waals surface area contributed by atoms with Crippen LogP contribution in [0.1, 0.15) is 149 Å². The molecule has 2 atom stereocenters. The molecule has 0 aliphatic heterocycles. The van der Waals surface area contributed by atoms with Crippen molar-refractivity contribution in [2.24, 2.45) is 0 Å². The van der Waals surface area contributed by atoms with E-state index >= 15 is 0 Å². The van der Waals surface area contributed by atoms with Crippen LogP contribution in [-0.2, 0) is 32.7 Å². The molecule has 0 spiro atoms. The number of hydrogen-bond donors (Lipinski definition) is 1. The van der Waals surface area contributed by atoms with Crippen molar-refractivity contribution >= 4 is 19.8 Å². The minimum absolute atomic E-state index is 0.0323. The van der Waals surface area contributed by atoms with Crippen molar-refractivity contribution in [3.8, 4) is 0 Å². The molecule has 0 fully saturated rings. The van der Waals surface area contributed by atoms with E-state index in [1.165, 1.54) is 64.2 Å². The van der Waals surface area contributed by atoms with E-state index in [-0.39, 0.29) is 32.0 Å². The number of hydrogen-bond acceptors (Lipinski definition) is 7. The summed E-state index contributed by atoms with van der Waals surface area (Å²) in [7, 11) is 1.47. The number of rotatable bonds is 32. The van der Waals surface area contributed by atoms with Crippen LogP contribution in [0.2, 0.25) is 0 Å². The fourth-order valence-corrected chi connectivity index (χ4v) is 5.39. The predicted molar refractivity (Wildman–Crippen MR) is 183 cm³/mol. The lowest BCUT2D eigenvalue weighted by atomic mass is 10.1. The summed E-state index contributed by atoms with van der Waals surface area (Å²) in [5.74, 6) is -0.815. The van der Waals surface area contributed by atoms with Gasteiger partial charge in [0.25, 0.3) is 0 Å². The van der Waals surface area contributed by atoms with Crippen LogP contribution in [0, 0.1) is 0 Å². The Balaban J connectivity index is 4.45. The molecule has 0 saturated carbocycles. The maximum atomic E-state index is 12.6. The number of quaternary nitrogens is 1. The minimum Gasteiger partial charge on any atom is -0.462 e. The average molecular weight is 663 g/mol. The van der Waals surface area contributed by atoms with Crippen LogP contribution < -0.4 is 0 Å². The summed E-state index contributed by atoms with van der Waals surface area (Å²) in [4.78, 5) is 34.9. The standard InChI is InChI=1S/C35H68NO8P/c1-6-8-10-12-14-15-16-17-18-19-20-22-24-26-28-35(38)44-33(32-43-45(39,40)42-30-29-36(3,4)5)31-41-34(37)27-25-23-21-13-11-9-7-2/h16-17,33H,6-15,18-32H2,1-5H3/p+1/b17-16+/t33-/m1/s1. The van der Waals surface area contributed by atoms with Crippen LogP contribution in [0.15, 0.2) is 12.2 Å². The van der Waals surface area contributed by atoms with Crippen molar-refractivity contribution in [3.63, 3.8) is 0 Å². The molecule has 0 heterocycles. The SMILES string of the molecule is CCCCCCC/C=C/CCCCCCCC(=O)O[C@H](COC(=O)CCCCCCCCC)COP(=O)(O)OCC[N+](C)(C)C. The Morgan fingerprint density at radius 2 is 1.13 bits per heavy atom. The first kappa shape index (κ1) is 43.8. The summed E-state index contributed by atoms with van der Waals surface area (Å²) in [6, 6.07) is 0. The molecule has 0 aromatic carbocycles. The third-order valence-electron chi connectivity index (χ3n) is 7.55. The van der Waals surface area contributed by atoms with Gasteiger partial charge in [0, 0.05) is 12.8 Å². The Bertz CT molecular complexity index is 799. The summed E-state index contributed by atoms with van der Waals surface area (Å²) in [5, 5.41) is 0. The van der Waals surface area contributed by atoms with Gasteiger partial charge >= 0.3 is 19.8 Å². The van der Waals surface area contributed by atoms with Crippen molar-refractivity contribution < 1.29 is 42.1 Å². The van der Waals surface area contributed by atoms with Crippen LogP contribution >= 0.6 is 7.82 Å². The van der Waals surface area contributed by atoms with Crippen LogP contribution in [0.5, 0.6) is 0 Å². The first-order valence-corrected chi connectivity index (χ1v) is 19.4. The molecule has 0 bridgehead atoms. The molecule has 10 heteroatoms. The highest BCUT2D eigenvalue weighted by Crippen LogP contribution is 2.43. The fraction of sp³-hybridized carbons (Fsp3) is 0.886. The van der Waals surface area contributed by atoms with Crippen LogP contribution in [0.4, 0.5) is 0 Å². The summed E-state index contributed by atoms with van der Waals surface area (Å²) >= 11 is 0. The molecular weight excluding hydrogens is 593 g/mol. The molecule has 0 rings (SSSR count). The summed E-state index contributed by atoms with van der Waals surface area (Å²) in [6.45, 7) is 4.34. The number of likely N-dealkylation sites (N-methyl/N-ethyl adjacent to an activating group) is 1. The molecule has 0 aromatic heterocycles. The summed E-state index contributed by atoms with van der Waals surface area (Å²) in [5.41, 5.74) is 0. The Kier molecular flexibility index (Phi) is 28.1. The zero-order valence-corrected chi connectivity index (χ0v) is 30.5. The van der Waals surface area contributed by atoms with Gasteiger partial charge in [-0.2, -0.15) is 0 Å². The van der Waals surface area contributed by atoms with Gasteiger partial charge in [0.15, 0.2) is 6.10 Å². The third kappa shape index (κ3) is 32.5. The van der Waals surface area contributed by atoms with Gasteiger partial charge in [0.05, 0.1) is 27.7 Å². The number of unbranched alkanes of at least 4 members (excludes halogenated alkanes) is 16. The summed E-state index contributed by atoms with van der Waals surface area (Å²) < 4.78 is 34.0. The molecule has 0 aliphatic carbocycles. The van der Waals surface area contributed by atoms with Gasteiger partial charge in [0.1, 0.15) is 19.8 Å². The third-order valence-corrected chi connectivity index (χ3v) is 8.53. The summed E-state index contributed by atoms with van der Waals surface area (Å²) in [6.07, 6.45) is 25.6. The second kappa shape index (κ2) is 28.9. The second-order valence-electron chi connectivity index (χ2n) is 13.3. The average Bonchev–Trinajstić information content (AvgIpc) is 2.97. The highest BCUT2D eigenvalue weighted by atomic mass is 31.2. The lowest BCUT2D eigenvalue weighted by molar-refractivity contribution is -0.870. The van der Waals surface area contributed by atoms with Crippen molar-refractivity contribution in [1.82, 2.24) is 0 Å². The lowest BCUT2D eigenvalue weighted by Crippen LogP contribution is -2.37. The number of phosphoric acid groups is 1. The number of esters is 2. The zero-order chi connectivity index (χ0) is 33.7. The molecule has 0 amide bonds. The predicted octanol–water partition coefficient (Wildman–Crippen LogP) is 9.07. The van der Waals surface area contributed by atoms with E-state index in [0.29, 0.717) is 17.4 Å². The van der Waals surface area contributed by atoms with E-state index in [4.69, 9.17) is 18.5 Å².